The number of hydrogen-bond acceptors (Lipinski definition) is 5. The van der Waals surface area contributed by atoms with Gasteiger partial charge in [0.1, 0.15) is 11.4 Å². The van der Waals surface area contributed by atoms with E-state index in [-0.39, 0.29) is 18.8 Å². The van der Waals surface area contributed by atoms with Gasteiger partial charge in [-0.05, 0) is 29.8 Å². The Hall–Kier alpha value is -3.13. The van der Waals surface area contributed by atoms with Crippen molar-refractivity contribution >= 4 is 39.9 Å². The third-order valence-corrected chi connectivity index (χ3v) is 4.48. The zero-order valence-corrected chi connectivity index (χ0v) is 16.6. The molecule has 1 aliphatic rings. The number of rotatable bonds is 6. The van der Waals surface area contributed by atoms with Crippen LogP contribution < -0.4 is 10.1 Å². The Kier molecular flexibility index (Phi) is 6.10. The number of ether oxygens (including phenoxy) is 2. The van der Waals surface area contributed by atoms with Crippen LogP contribution in [0.4, 0.5) is 4.79 Å². The van der Waals surface area contributed by atoms with Crippen molar-refractivity contribution in [3.63, 3.8) is 0 Å². The quantitative estimate of drug-likeness (QED) is 0.420. The second kappa shape index (κ2) is 8.71. The van der Waals surface area contributed by atoms with Gasteiger partial charge in [-0.15, -0.1) is 0 Å². The van der Waals surface area contributed by atoms with E-state index >= 15 is 0 Å². The molecular weight excluding hydrogens is 428 g/mol. The Morgan fingerprint density at radius 3 is 2.64 bits per heavy atom. The molecule has 8 heteroatoms. The molecule has 0 bridgehead atoms. The lowest BCUT2D eigenvalue weighted by Gasteiger charge is -2.11. The molecule has 2 aromatic rings. The fourth-order valence-electron chi connectivity index (χ4n) is 2.60. The van der Waals surface area contributed by atoms with Gasteiger partial charge >= 0.3 is 12.0 Å². The van der Waals surface area contributed by atoms with Gasteiger partial charge in [0.2, 0.25) is 0 Å². The summed E-state index contributed by atoms with van der Waals surface area (Å²) in [6.07, 6.45) is 1.52. The lowest BCUT2D eigenvalue weighted by molar-refractivity contribution is -0.142. The minimum absolute atomic E-state index is 0.127. The number of methoxy groups -OCH3 is 1. The van der Waals surface area contributed by atoms with Gasteiger partial charge < -0.3 is 14.8 Å². The van der Waals surface area contributed by atoms with E-state index < -0.39 is 17.9 Å². The fraction of sp³-hybridized carbons (Fsp3) is 0.150. The summed E-state index contributed by atoms with van der Waals surface area (Å²) < 4.78 is 10.8. The molecule has 1 aliphatic heterocycles. The molecule has 0 aliphatic carbocycles. The van der Waals surface area contributed by atoms with E-state index in [0.29, 0.717) is 11.3 Å². The van der Waals surface area contributed by atoms with Gasteiger partial charge in [-0.1, -0.05) is 46.3 Å². The lowest BCUT2D eigenvalue weighted by Crippen LogP contribution is -2.30. The molecule has 7 nitrogen and oxygen atoms in total. The lowest BCUT2D eigenvalue weighted by atomic mass is 10.1. The highest BCUT2D eigenvalue weighted by molar-refractivity contribution is 9.10. The summed E-state index contributed by atoms with van der Waals surface area (Å²) in [4.78, 5) is 37.4. The van der Waals surface area contributed by atoms with Gasteiger partial charge in [0.05, 0.1) is 13.7 Å². The molecule has 0 aromatic heterocycles. The third-order valence-electron chi connectivity index (χ3n) is 3.99. The minimum Gasteiger partial charge on any atom is -0.481 e. The van der Waals surface area contributed by atoms with Crippen LogP contribution in [0.1, 0.15) is 11.1 Å². The largest absolute Gasteiger partial charge is 0.481 e. The molecule has 0 atom stereocenters. The molecule has 0 radical (unpaired) electrons. The first-order chi connectivity index (χ1) is 13.5. The molecule has 144 valence electrons. The Labute approximate surface area is 170 Å². The molecule has 0 spiro atoms. The zero-order valence-electron chi connectivity index (χ0n) is 15.0. The van der Waals surface area contributed by atoms with Gasteiger partial charge in [0.15, 0.2) is 6.61 Å². The Balaban J connectivity index is 1.83. The van der Waals surface area contributed by atoms with E-state index in [1.165, 1.54) is 13.2 Å². The molecule has 28 heavy (non-hydrogen) atoms. The Morgan fingerprint density at radius 1 is 1.18 bits per heavy atom. The van der Waals surface area contributed by atoms with Crippen LogP contribution in [0.5, 0.6) is 5.75 Å². The van der Waals surface area contributed by atoms with E-state index in [2.05, 4.69) is 26.0 Å². The standard InChI is InChI=1S/C20H17BrN2O5/c1-27-18(24)12-28-17-8-7-15(21)9-14(17)10-16-19(25)23(20(26)22-16)11-13-5-3-2-4-6-13/h2-10H,11-12H2,1H3,(H,22,26)/b16-10+. The fourth-order valence-corrected chi connectivity index (χ4v) is 2.97. The van der Waals surface area contributed by atoms with Crippen LogP contribution in [0.2, 0.25) is 0 Å². The maximum absolute atomic E-state index is 12.7. The van der Waals surface area contributed by atoms with Gasteiger partial charge in [-0.25, -0.2) is 9.59 Å². The summed E-state index contributed by atoms with van der Waals surface area (Å²) >= 11 is 3.36. The van der Waals surface area contributed by atoms with E-state index in [4.69, 9.17) is 4.74 Å². The van der Waals surface area contributed by atoms with Crippen molar-refractivity contribution in [2.45, 2.75) is 6.54 Å². The first-order valence-corrected chi connectivity index (χ1v) is 9.15. The molecule has 3 rings (SSSR count). The maximum atomic E-state index is 12.7. The van der Waals surface area contributed by atoms with Gasteiger partial charge in [-0.3, -0.25) is 9.69 Å². The summed E-state index contributed by atoms with van der Waals surface area (Å²) in [5.74, 6) is -0.585. The molecule has 1 saturated heterocycles. The smallest absolute Gasteiger partial charge is 0.343 e. The van der Waals surface area contributed by atoms with Crippen molar-refractivity contribution in [1.82, 2.24) is 10.2 Å². The summed E-state index contributed by atoms with van der Waals surface area (Å²) in [7, 11) is 1.27. The number of hydrogen-bond donors (Lipinski definition) is 1. The summed E-state index contributed by atoms with van der Waals surface area (Å²) in [6, 6.07) is 13.9. The van der Waals surface area contributed by atoms with Crippen LogP contribution in [0, 0.1) is 0 Å². The van der Waals surface area contributed by atoms with Crippen molar-refractivity contribution in [3.8, 4) is 5.75 Å². The number of imide groups is 1. The molecule has 0 unspecified atom stereocenters. The summed E-state index contributed by atoms with van der Waals surface area (Å²) in [5, 5.41) is 2.58. The highest BCUT2D eigenvalue weighted by Crippen LogP contribution is 2.27. The molecular formula is C20H17BrN2O5. The van der Waals surface area contributed by atoms with E-state index in [1.807, 2.05) is 30.3 Å². The van der Waals surface area contributed by atoms with E-state index in [0.717, 1.165) is 14.9 Å². The number of amides is 3. The molecule has 0 saturated carbocycles. The van der Waals surface area contributed by atoms with Crippen molar-refractivity contribution in [2.75, 3.05) is 13.7 Å². The molecule has 1 fully saturated rings. The van der Waals surface area contributed by atoms with Crippen molar-refractivity contribution in [1.29, 1.82) is 0 Å². The van der Waals surface area contributed by atoms with Crippen molar-refractivity contribution in [2.24, 2.45) is 0 Å². The monoisotopic (exact) mass is 444 g/mol. The Morgan fingerprint density at radius 2 is 1.93 bits per heavy atom. The zero-order chi connectivity index (χ0) is 20.1. The number of nitrogens with one attached hydrogen (secondary N) is 1. The van der Waals surface area contributed by atoms with Gasteiger partial charge in [-0.2, -0.15) is 0 Å². The number of nitrogens with zero attached hydrogens (tertiary/aromatic N) is 1. The highest BCUT2D eigenvalue weighted by Gasteiger charge is 2.33. The molecule has 1 N–H and O–H groups in total. The number of carbonyl (C=O) groups excluding carboxylic acids is 3. The Bertz CT molecular complexity index is 943. The topological polar surface area (TPSA) is 84.9 Å². The maximum Gasteiger partial charge on any atom is 0.343 e. The van der Waals surface area contributed by atoms with Crippen LogP contribution in [-0.2, 0) is 20.9 Å². The van der Waals surface area contributed by atoms with Crippen molar-refractivity contribution < 1.29 is 23.9 Å². The number of halogens is 1. The minimum atomic E-state index is -0.527. The van der Waals surface area contributed by atoms with E-state index in [9.17, 15) is 14.4 Å². The average Bonchev–Trinajstić information content (AvgIpc) is 2.95. The average molecular weight is 445 g/mol. The second-order valence-corrected chi connectivity index (χ2v) is 6.83. The van der Waals surface area contributed by atoms with Gasteiger partial charge in [0.25, 0.3) is 5.91 Å². The van der Waals surface area contributed by atoms with Crippen molar-refractivity contribution in [3.05, 3.63) is 69.8 Å². The SMILES string of the molecule is COC(=O)COc1ccc(Br)cc1/C=C1/NC(=O)N(Cc2ccccc2)C1=O. The van der Waals surface area contributed by atoms with Crippen LogP contribution in [0.3, 0.4) is 0 Å². The van der Waals surface area contributed by atoms with Crippen LogP contribution in [0.25, 0.3) is 6.08 Å². The molecule has 3 amide bonds. The number of carbonyl (C=O) groups is 3. The molecule has 1 heterocycles. The number of urea groups is 1. The predicted octanol–water partition coefficient (Wildman–Crippen LogP) is 3.09. The van der Waals surface area contributed by atoms with E-state index in [1.54, 1.807) is 18.2 Å². The first-order valence-electron chi connectivity index (χ1n) is 8.35. The number of esters is 1. The van der Waals surface area contributed by atoms with Crippen LogP contribution >= 0.6 is 15.9 Å². The molecule has 2 aromatic carbocycles. The van der Waals surface area contributed by atoms with Crippen LogP contribution in [-0.4, -0.2) is 36.5 Å². The summed E-state index contributed by atoms with van der Waals surface area (Å²) in [6.45, 7) is -0.0955. The first kappa shape index (κ1) is 19.6. The van der Waals surface area contributed by atoms with Crippen LogP contribution in [0.15, 0.2) is 58.7 Å². The normalized spacial score (nSPS) is 14.9. The highest BCUT2D eigenvalue weighted by atomic mass is 79.9. The summed E-state index contributed by atoms with van der Waals surface area (Å²) in [5.41, 5.74) is 1.50. The predicted molar refractivity (Wildman–Crippen MR) is 105 cm³/mol. The third kappa shape index (κ3) is 4.58. The van der Waals surface area contributed by atoms with Gasteiger partial charge in [0, 0.05) is 10.0 Å². The number of benzene rings is 2. The second-order valence-electron chi connectivity index (χ2n) is 5.91.